The second-order valence-electron chi connectivity index (χ2n) is 8.03. The Morgan fingerprint density at radius 2 is 1.06 bits per heavy atom. The topological polar surface area (TPSA) is 99.4 Å². The van der Waals surface area contributed by atoms with E-state index in [0.29, 0.717) is 0 Å². The molecule has 0 bridgehead atoms. The van der Waals surface area contributed by atoms with Crippen LogP contribution < -0.4 is 28.1 Å². The molecule has 0 unspecified atom stereocenters. The third kappa shape index (κ3) is 6.63. The molecule has 1 heterocycles. The van der Waals surface area contributed by atoms with E-state index in [1.54, 1.807) is 0 Å². The maximum Gasteiger partial charge on any atom is 0.211 e. The smallest absolute Gasteiger partial charge is 0.211 e. The van der Waals surface area contributed by atoms with E-state index in [1.807, 2.05) is 0 Å². The standard InChI is InChI=1S/C27H27N2.ClHO4/c1-20-26-18-14-23(11-10-22-12-16-24(17-13-22)28(3)4)15-19-27(26)21(2)29(20)25-8-6-5-7-9-25;2-1(3,4)5/h5-19H,1-4H3;(H,2,3,4,5)/q+1;/p-1. The van der Waals surface area contributed by atoms with Crippen LogP contribution in [0.4, 0.5) is 5.69 Å². The average Bonchev–Trinajstić information content (AvgIpc) is 2.92. The molecule has 0 atom stereocenters. The molecule has 0 saturated heterocycles. The van der Waals surface area contributed by atoms with E-state index in [1.165, 1.54) is 45.0 Å². The van der Waals surface area contributed by atoms with Crippen LogP contribution in [0, 0.1) is 24.1 Å². The molecule has 1 aliphatic heterocycles. The molecule has 0 saturated carbocycles. The first kappa shape index (κ1) is 25.4. The number of benzene rings is 2. The van der Waals surface area contributed by atoms with Gasteiger partial charge < -0.3 is 4.90 Å². The predicted octanol–water partition coefficient (Wildman–Crippen LogP) is 1.17. The number of aromatic nitrogens is 1. The second-order valence-corrected chi connectivity index (χ2v) is 8.79. The number of hydrogen-bond donors (Lipinski definition) is 0. The van der Waals surface area contributed by atoms with Crippen molar-refractivity contribution in [3.05, 3.63) is 101 Å². The van der Waals surface area contributed by atoms with Crippen molar-refractivity contribution in [1.29, 1.82) is 0 Å². The largest absolute Gasteiger partial charge is 0.378 e. The van der Waals surface area contributed by atoms with Crippen LogP contribution in [-0.2, 0) is 0 Å². The van der Waals surface area contributed by atoms with E-state index in [0.717, 1.165) is 0 Å². The Bertz CT molecular complexity index is 1190. The number of fused-ring (bicyclic) bond motifs is 1. The van der Waals surface area contributed by atoms with Crippen molar-refractivity contribution in [2.45, 2.75) is 13.8 Å². The lowest BCUT2D eigenvalue weighted by atomic mass is 10.1. The van der Waals surface area contributed by atoms with Crippen LogP contribution in [0.1, 0.15) is 22.5 Å². The highest BCUT2D eigenvalue weighted by Gasteiger charge is 2.26. The van der Waals surface area contributed by atoms with Crippen molar-refractivity contribution in [2.24, 2.45) is 0 Å². The molecule has 176 valence electrons. The molecule has 0 radical (unpaired) electrons. The molecule has 1 aliphatic carbocycles. The normalized spacial score (nSPS) is 11.4. The first-order valence-electron chi connectivity index (χ1n) is 10.6. The summed E-state index contributed by atoms with van der Waals surface area (Å²) >= 11 is 0. The molecule has 0 aromatic heterocycles. The Balaban J connectivity index is 0.000000588. The van der Waals surface area contributed by atoms with Crippen LogP contribution in [0.5, 0.6) is 0 Å². The molecule has 2 aromatic carbocycles. The maximum absolute atomic E-state index is 8.49. The molecule has 34 heavy (non-hydrogen) atoms. The van der Waals surface area contributed by atoms with Crippen molar-refractivity contribution >= 4 is 17.8 Å². The molecular formula is C27H27ClN2O4. The van der Waals surface area contributed by atoms with Gasteiger partial charge in [0, 0.05) is 45.8 Å². The van der Waals surface area contributed by atoms with Crippen LogP contribution in [-0.4, -0.2) is 14.1 Å². The highest BCUT2D eigenvalue weighted by Crippen LogP contribution is 2.28. The average molecular weight is 479 g/mol. The lowest BCUT2D eigenvalue weighted by molar-refractivity contribution is -2.00. The summed E-state index contributed by atoms with van der Waals surface area (Å²) in [5.41, 5.74) is 9.96. The van der Waals surface area contributed by atoms with Gasteiger partial charge in [-0.1, -0.05) is 54.6 Å². The fourth-order valence-corrected chi connectivity index (χ4v) is 3.87. The summed E-state index contributed by atoms with van der Waals surface area (Å²) < 4.78 is 36.3. The fraction of sp³-hybridized carbons (Fsp3) is 0.148. The van der Waals surface area contributed by atoms with Gasteiger partial charge in [0.15, 0.2) is 11.4 Å². The Labute approximate surface area is 202 Å². The minimum Gasteiger partial charge on any atom is -0.378 e. The first-order chi connectivity index (χ1) is 16.0. The van der Waals surface area contributed by atoms with Crippen LogP contribution in [0.15, 0.2) is 78.9 Å². The van der Waals surface area contributed by atoms with Crippen LogP contribution in [0.25, 0.3) is 29.0 Å². The second kappa shape index (κ2) is 10.8. The molecule has 4 rings (SSSR count). The molecule has 0 spiro atoms. The van der Waals surface area contributed by atoms with E-state index in [9.17, 15) is 0 Å². The zero-order valence-electron chi connectivity index (χ0n) is 19.6. The van der Waals surface area contributed by atoms with Gasteiger partial charge in [-0.25, -0.2) is 18.6 Å². The minimum atomic E-state index is -4.94. The van der Waals surface area contributed by atoms with E-state index in [4.69, 9.17) is 18.6 Å². The number of para-hydroxylation sites is 1. The minimum absolute atomic E-state index is 1.20. The fourth-order valence-electron chi connectivity index (χ4n) is 3.87. The third-order valence-electron chi connectivity index (χ3n) is 5.52. The van der Waals surface area contributed by atoms with Gasteiger partial charge in [0.25, 0.3) is 0 Å². The van der Waals surface area contributed by atoms with Crippen molar-refractivity contribution in [3.8, 4) is 16.8 Å². The molecule has 2 aromatic rings. The maximum atomic E-state index is 8.49. The predicted molar refractivity (Wildman–Crippen MR) is 124 cm³/mol. The van der Waals surface area contributed by atoms with Gasteiger partial charge in [-0.2, -0.15) is 4.57 Å². The van der Waals surface area contributed by atoms with Crippen LogP contribution >= 0.6 is 0 Å². The highest BCUT2D eigenvalue weighted by molar-refractivity contribution is 5.74. The highest BCUT2D eigenvalue weighted by atomic mass is 35.7. The molecule has 0 N–H and O–H groups in total. The Kier molecular flexibility index (Phi) is 8.04. The molecule has 0 amide bonds. The monoisotopic (exact) mass is 478 g/mol. The van der Waals surface area contributed by atoms with Crippen LogP contribution in [0.2, 0.25) is 0 Å². The van der Waals surface area contributed by atoms with E-state index >= 15 is 0 Å². The summed E-state index contributed by atoms with van der Waals surface area (Å²) in [7, 11) is -0.824. The van der Waals surface area contributed by atoms with Crippen molar-refractivity contribution in [3.63, 3.8) is 0 Å². The zero-order valence-corrected chi connectivity index (χ0v) is 20.3. The van der Waals surface area contributed by atoms with Crippen molar-refractivity contribution in [1.82, 2.24) is 0 Å². The number of halogens is 1. The lowest BCUT2D eigenvalue weighted by Gasteiger charge is -2.17. The van der Waals surface area contributed by atoms with Gasteiger partial charge in [0.05, 0.1) is 11.1 Å². The molecule has 7 heteroatoms. The summed E-state index contributed by atoms with van der Waals surface area (Å²) in [6.45, 7) is 4.40. The summed E-state index contributed by atoms with van der Waals surface area (Å²) in [6, 6.07) is 28.1. The Morgan fingerprint density at radius 1 is 0.647 bits per heavy atom. The van der Waals surface area contributed by atoms with Gasteiger partial charge in [0.1, 0.15) is 0 Å². The number of rotatable bonds is 4. The summed E-state index contributed by atoms with van der Waals surface area (Å²) in [5.74, 6) is 0. The van der Waals surface area contributed by atoms with Gasteiger partial charge >= 0.3 is 0 Å². The third-order valence-corrected chi connectivity index (χ3v) is 5.52. The van der Waals surface area contributed by atoms with Gasteiger partial charge in [-0.15, -0.1) is 10.2 Å². The molecular weight excluding hydrogens is 452 g/mol. The summed E-state index contributed by atoms with van der Waals surface area (Å²) in [4.78, 5) is 2.11. The van der Waals surface area contributed by atoms with Crippen molar-refractivity contribution < 1.29 is 33.4 Å². The molecule has 0 fully saturated rings. The van der Waals surface area contributed by atoms with E-state index in [2.05, 4.69) is 128 Å². The van der Waals surface area contributed by atoms with Gasteiger partial charge in [0.2, 0.25) is 5.69 Å². The summed E-state index contributed by atoms with van der Waals surface area (Å²) in [6.07, 6.45) is 4.35. The lowest BCUT2D eigenvalue weighted by Crippen LogP contribution is -2.68. The Morgan fingerprint density at radius 3 is 1.47 bits per heavy atom. The number of anilines is 1. The van der Waals surface area contributed by atoms with Crippen molar-refractivity contribution in [2.75, 3.05) is 19.0 Å². The van der Waals surface area contributed by atoms with Gasteiger partial charge in [-0.05, 0) is 35.4 Å². The van der Waals surface area contributed by atoms with E-state index < -0.39 is 10.2 Å². The molecule has 6 nitrogen and oxygen atoms in total. The zero-order chi connectivity index (χ0) is 24.9. The SMILES string of the molecule is Cc1c2ccc(/C=C/c3ccc(N(C)C)cc3)ccc-2c(C)[n+]1-c1ccccc1.[O-][Cl+3]([O-])([O-])[O-]. The quantitative estimate of drug-likeness (QED) is 0.410. The van der Waals surface area contributed by atoms with Crippen LogP contribution in [0.3, 0.4) is 0 Å². The molecule has 2 aliphatic rings. The first-order valence-corrected chi connectivity index (χ1v) is 11.9. The Hall–Kier alpha value is -3.26. The summed E-state index contributed by atoms with van der Waals surface area (Å²) in [5, 5.41) is 0. The number of hydrogen-bond acceptors (Lipinski definition) is 5. The van der Waals surface area contributed by atoms with E-state index in [-0.39, 0.29) is 0 Å². The number of nitrogens with zero attached hydrogens (tertiary/aromatic N) is 2. The van der Waals surface area contributed by atoms with Gasteiger partial charge in [-0.3, -0.25) is 0 Å².